The van der Waals surface area contributed by atoms with E-state index in [1.54, 1.807) is 12.1 Å². The van der Waals surface area contributed by atoms with Crippen molar-refractivity contribution in [2.45, 2.75) is 19.5 Å². The number of para-hydroxylation sites is 2. The number of aromatic nitrogens is 2. The fourth-order valence-corrected chi connectivity index (χ4v) is 2.56. The molecule has 3 aromatic rings. The number of aromatic amines is 1. The van der Waals surface area contributed by atoms with Crippen LogP contribution in [0.25, 0.3) is 11.0 Å². The zero-order valence-electron chi connectivity index (χ0n) is 14.5. The van der Waals surface area contributed by atoms with E-state index in [2.05, 4.69) is 27.2 Å². The van der Waals surface area contributed by atoms with Crippen LogP contribution in [0.1, 0.15) is 34.7 Å². The van der Waals surface area contributed by atoms with Crippen molar-refractivity contribution in [2.24, 2.45) is 0 Å². The van der Waals surface area contributed by atoms with Gasteiger partial charge >= 0.3 is 0 Å². The number of amides is 2. The summed E-state index contributed by atoms with van der Waals surface area (Å²) >= 11 is 0. The minimum absolute atomic E-state index is 0.181. The van der Waals surface area contributed by atoms with E-state index >= 15 is 0 Å². The fourth-order valence-electron chi connectivity index (χ4n) is 2.56. The van der Waals surface area contributed by atoms with E-state index in [-0.39, 0.29) is 17.9 Å². The van der Waals surface area contributed by atoms with Crippen molar-refractivity contribution in [2.75, 3.05) is 0 Å². The number of carbonyl (C=O) groups excluding carboxylic acids is 2. The highest BCUT2D eigenvalue weighted by molar-refractivity contribution is 5.94. The van der Waals surface area contributed by atoms with Gasteiger partial charge in [-0.25, -0.2) is 4.98 Å². The number of hydrogen-bond donors (Lipinski definition) is 3. The molecule has 3 rings (SSSR count). The summed E-state index contributed by atoms with van der Waals surface area (Å²) in [6.45, 7) is 5.68. The van der Waals surface area contributed by atoms with Gasteiger partial charge in [0.1, 0.15) is 5.82 Å². The molecule has 0 spiro atoms. The molecule has 2 aromatic carbocycles. The minimum atomic E-state index is -0.249. The Bertz CT molecular complexity index is 911. The van der Waals surface area contributed by atoms with Crippen molar-refractivity contribution in [3.05, 3.63) is 78.1 Å². The second kappa shape index (κ2) is 7.65. The van der Waals surface area contributed by atoms with Gasteiger partial charge in [-0.05, 0) is 42.8 Å². The molecule has 0 bridgehead atoms. The number of hydrogen-bond acceptors (Lipinski definition) is 3. The number of carbonyl (C=O) groups is 2. The van der Waals surface area contributed by atoms with E-state index in [4.69, 9.17) is 0 Å². The highest BCUT2D eigenvalue weighted by Crippen LogP contribution is 2.16. The summed E-state index contributed by atoms with van der Waals surface area (Å²) < 4.78 is 0. The number of rotatable bonds is 6. The summed E-state index contributed by atoms with van der Waals surface area (Å²) in [6.07, 6.45) is 1.22. The Morgan fingerprint density at radius 1 is 1.19 bits per heavy atom. The van der Waals surface area contributed by atoms with Gasteiger partial charge in [-0.3, -0.25) is 9.59 Å². The molecule has 132 valence electrons. The number of benzene rings is 2. The van der Waals surface area contributed by atoms with Crippen LogP contribution in [0.3, 0.4) is 0 Å². The number of imidazole rings is 1. The third-order valence-corrected chi connectivity index (χ3v) is 4.03. The van der Waals surface area contributed by atoms with Gasteiger partial charge in [-0.2, -0.15) is 0 Å². The monoisotopic (exact) mass is 348 g/mol. The molecular weight excluding hydrogens is 328 g/mol. The first-order chi connectivity index (χ1) is 12.6. The first kappa shape index (κ1) is 17.4. The maximum absolute atomic E-state index is 12.4. The van der Waals surface area contributed by atoms with Crippen molar-refractivity contribution >= 4 is 22.8 Å². The van der Waals surface area contributed by atoms with Crippen LogP contribution in [0.2, 0.25) is 0 Å². The first-order valence-electron chi connectivity index (χ1n) is 8.31. The van der Waals surface area contributed by atoms with Crippen LogP contribution < -0.4 is 10.6 Å². The number of nitrogens with one attached hydrogen (secondary N) is 3. The van der Waals surface area contributed by atoms with E-state index in [9.17, 15) is 9.59 Å². The molecule has 0 unspecified atom stereocenters. The molecule has 1 heterocycles. The molecule has 0 aliphatic heterocycles. The number of H-pyrrole nitrogens is 1. The lowest BCUT2D eigenvalue weighted by atomic mass is 10.1. The summed E-state index contributed by atoms with van der Waals surface area (Å²) in [7, 11) is 0. The van der Waals surface area contributed by atoms with E-state index < -0.39 is 0 Å². The van der Waals surface area contributed by atoms with Gasteiger partial charge in [0.05, 0.1) is 17.1 Å². The Morgan fingerprint density at radius 2 is 1.92 bits per heavy atom. The molecule has 3 N–H and O–H groups in total. The van der Waals surface area contributed by atoms with Crippen LogP contribution in [0.15, 0.2) is 61.2 Å². The van der Waals surface area contributed by atoms with Gasteiger partial charge in [0.2, 0.25) is 5.91 Å². The minimum Gasteiger partial charge on any atom is -0.348 e. The van der Waals surface area contributed by atoms with E-state index in [1.165, 1.54) is 6.08 Å². The van der Waals surface area contributed by atoms with Crippen molar-refractivity contribution < 1.29 is 9.59 Å². The van der Waals surface area contributed by atoms with Crippen LogP contribution in [0, 0.1) is 0 Å². The summed E-state index contributed by atoms with van der Waals surface area (Å²) in [5.74, 6) is 0.300. The normalized spacial score (nSPS) is 11.7. The van der Waals surface area contributed by atoms with Gasteiger partial charge in [0, 0.05) is 12.1 Å². The fraction of sp³-hybridized carbons (Fsp3) is 0.150. The average Bonchev–Trinajstić information content (AvgIpc) is 3.10. The lowest BCUT2D eigenvalue weighted by molar-refractivity contribution is -0.116. The van der Waals surface area contributed by atoms with E-state index in [0.717, 1.165) is 16.6 Å². The maximum Gasteiger partial charge on any atom is 0.251 e. The van der Waals surface area contributed by atoms with Gasteiger partial charge < -0.3 is 15.6 Å². The largest absolute Gasteiger partial charge is 0.348 e. The highest BCUT2D eigenvalue weighted by Gasteiger charge is 2.14. The Hall–Kier alpha value is -3.41. The maximum atomic E-state index is 12.4. The van der Waals surface area contributed by atoms with Crippen LogP contribution in [0.4, 0.5) is 0 Å². The molecule has 2 amide bonds. The molecular formula is C20H20N4O2. The first-order valence-corrected chi connectivity index (χ1v) is 8.31. The Kier molecular flexibility index (Phi) is 5.12. The van der Waals surface area contributed by atoms with E-state index in [0.29, 0.717) is 17.9 Å². The molecule has 0 fully saturated rings. The number of nitrogens with zero attached hydrogens (tertiary/aromatic N) is 1. The second-order valence-electron chi connectivity index (χ2n) is 5.95. The zero-order valence-corrected chi connectivity index (χ0v) is 14.5. The quantitative estimate of drug-likeness (QED) is 0.599. The molecule has 0 saturated carbocycles. The van der Waals surface area contributed by atoms with Crippen LogP contribution in [-0.2, 0) is 11.3 Å². The van der Waals surface area contributed by atoms with Crippen LogP contribution in [0.5, 0.6) is 0 Å². The number of fused-ring (bicyclic) bond motifs is 1. The predicted octanol–water partition coefficient (Wildman–Crippen LogP) is 2.86. The lowest BCUT2D eigenvalue weighted by Gasteiger charge is -2.12. The summed E-state index contributed by atoms with van der Waals surface area (Å²) in [5, 5.41) is 5.63. The average molecular weight is 348 g/mol. The third kappa shape index (κ3) is 3.97. The molecule has 0 aliphatic carbocycles. The standard InChI is InChI=1S/C20H20N4O2/c1-3-18(25)21-12-14-8-10-15(11-9-14)20(26)22-13(2)19-23-16-6-4-5-7-17(16)24-19/h3-11,13H,1,12H2,2H3,(H,21,25)(H,22,26)(H,23,24)/t13-/m0/s1. The molecule has 0 saturated heterocycles. The highest BCUT2D eigenvalue weighted by atomic mass is 16.2. The molecule has 26 heavy (non-hydrogen) atoms. The summed E-state index contributed by atoms with van der Waals surface area (Å²) in [4.78, 5) is 31.3. The zero-order chi connectivity index (χ0) is 18.5. The smallest absolute Gasteiger partial charge is 0.251 e. The SMILES string of the molecule is C=CC(=O)NCc1ccc(C(=O)N[C@@H](C)c2nc3ccccc3[nH]2)cc1. The summed E-state index contributed by atoms with van der Waals surface area (Å²) in [5.41, 5.74) is 3.26. The van der Waals surface area contributed by atoms with E-state index in [1.807, 2.05) is 43.3 Å². The molecule has 1 aromatic heterocycles. The Morgan fingerprint density at radius 3 is 2.62 bits per heavy atom. The molecule has 0 radical (unpaired) electrons. The molecule has 6 nitrogen and oxygen atoms in total. The Labute approximate surface area is 151 Å². The van der Waals surface area contributed by atoms with Gasteiger partial charge in [-0.15, -0.1) is 0 Å². The van der Waals surface area contributed by atoms with Crippen LogP contribution >= 0.6 is 0 Å². The molecule has 1 atom stereocenters. The van der Waals surface area contributed by atoms with Crippen molar-refractivity contribution in [1.29, 1.82) is 0 Å². The summed E-state index contributed by atoms with van der Waals surface area (Å²) in [6, 6.07) is 14.6. The molecule has 0 aliphatic rings. The van der Waals surface area contributed by atoms with Crippen molar-refractivity contribution in [3.8, 4) is 0 Å². The second-order valence-corrected chi connectivity index (χ2v) is 5.95. The molecule has 6 heteroatoms. The van der Waals surface area contributed by atoms with Gasteiger partial charge in [0.25, 0.3) is 5.91 Å². The van der Waals surface area contributed by atoms with Crippen molar-refractivity contribution in [1.82, 2.24) is 20.6 Å². The predicted molar refractivity (Wildman–Crippen MR) is 100 cm³/mol. The Balaban J connectivity index is 1.63. The third-order valence-electron chi connectivity index (χ3n) is 4.03. The lowest BCUT2D eigenvalue weighted by Crippen LogP contribution is -2.27. The topological polar surface area (TPSA) is 86.9 Å². The van der Waals surface area contributed by atoms with Crippen LogP contribution in [-0.4, -0.2) is 21.8 Å². The van der Waals surface area contributed by atoms with Gasteiger partial charge in [-0.1, -0.05) is 30.8 Å². The van der Waals surface area contributed by atoms with Gasteiger partial charge in [0.15, 0.2) is 0 Å². The van der Waals surface area contributed by atoms with Crippen molar-refractivity contribution in [3.63, 3.8) is 0 Å².